The summed E-state index contributed by atoms with van der Waals surface area (Å²) in [5.41, 5.74) is 0.385. The first-order valence-electron chi connectivity index (χ1n) is 10.7. The number of halogens is 2. The van der Waals surface area contributed by atoms with Gasteiger partial charge in [-0.15, -0.1) is 10.2 Å². The first-order valence-corrected chi connectivity index (χ1v) is 12.0. The molecule has 10 heteroatoms. The summed E-state index contributed by atoms with van der Waals surface area (Å²) in [6.07, 6.45) is 5.74. The first kappa shape index (κ1) is 22.4. The zero-order valence-electron chi connectivity index (χ0n) is 17.5. The first-order chi connectivity index (χ1) is 15.0. The van der Waals surface area contributed by atoms with Crippen molar-refractivity contribution in [3.8, 4) is 0 Å². The summed E-state index contributed by atoms with van der Waals surface area (Å²) in [6, 6.07) is 3.90. The second kappa shape index (κ2) is 10.2. The minimum Gasteiger partial charge on any atom is -0.376 e. The van der Waals surface area contributed by atoms with E-state index in [-0.39, 0.29) is 17.0 Å². The minimum atomic E-state index is -0.446. The van der Waals surface area contributed by atoms with Gasteiger partial charge in [0.25, 0.3) is 0 Å². The number of hydrogen-bond acceptors (Lipinski definition) is 6. The highest BCUT2D eigenvalue weighted by molar-refractivity contribution is 8.00. The van der Waals surface area contributed by atoms with E-state index in [2.05, 4.69) is 25.0 Å². The molecule has 1 aromatic heterocycles. The summed E-state index contributed by atoms with van der Waals surface area (Å²) in [5.74, 6) is 0.175. The van der Waals surface area contributed by atoms with Crippen molar-refractivity contribution in [1.82, 2.24) is 14.8 Å². The van der Waals surface area contributed by atoms with Crippen molar-refractivity contribution >= 4 is 40.9 Å². The summed E-state index contributed by atoms with van der Waals surface area (Å²) in [4.78, 5) is 15.0. The molecule has 1 N–H and O–H groups in total. The predicted molar refractivity (Wildman–Crippen MR) is 120 cm³/mol. The van der Waals surface area contributed by atoms with Crippen LogP contribution < -0.4 is 10.2 Å². The normalized spacial score (nSPS) is 20.1. The van der Waals surface area contributed by atoms with Gasteiger partial charge in [-0.25, -0.2) is 4.39 Å². The Kier molecular flexibility index (Phi) is 7.35. The molecule has 7 nitrogen and oxygen atoms in total. The van der Waals surface area contributed by atoms with E-state index in [0.717, 1.165) is 51.3 Å². The molecule has 2 saturated heterocycles. The Morgan fingerprint density at radius 3 is 2.84 bits per heavy atom. The number of ether oxygens (including phenoxy) is 1. The largest absolute Gasteiger partial charge is 0.376 e. The Hall–Kier alpha value is -1.84. The summed E-state index contributed by atoms with van der Waals surface area (Å²) in [7, 11) is 0. The van der Waals surface area contributed by atoms with Crippen LogP contribution in [0, 0.1) is 5.82 Å². The molecule has 1 amide bonds. The number of amides is 1. The highest BCUT2D eigenvalue weighted by Gasteiger charge is 2.27. The van der Waals surface area contributed by atoms with Crippen molar-refractivity contribution in [2.45, 2.75) is 62.1 Å². The zero-order chi connectivity index (χ0) is 21.8. The van der Waals surface area contributed by atoms with E-state index < -0.39 is 11.1 Å². The fourth-order valence-electron chi connectivity index (χ4n) is 3.88. The van der Waals surface area contributed by atoms with E-state index in [1.165, 1.54) is 36.4 Å². The van der Waals surface area contributed by atoms with E-state index in [4.69, 9.17) is 16.3 Å². The Balaban J connectivity index is 1.49. The van der Waals surface area contributed by atoms with Crippen LogP contribution in [-0.4, -0.2) is 51.7 Å². The number of hydrogen-bond donors (Lipinski definition) is 1. The van der Waals surface area contributed by atoms with Crippen LogP contribution in [0.4, 0.5) is 16.0 Å². The summed E-state index contributed by atoms with van der Waals surface area (Å²) in [6.45, 7) is 5.20. The summed E-state index contributed by atoms with van der Waals surface area (Å²) >= 11 is 7.39. The van der Waals surface area contributed by atoms with Crippen LogP contribution in [0.2, 0.25) is 5.02 Å². The van der Waals surface area contributed by atoms with Gasteiger partial charge in [-0.05, 0) is 57.2 Å². The van der Waals surface area contributed by atoms with E-state index in [1.54, 1.807) is 0 Å². The number of nitrogens with zero attached hydrogens (tertiary/aromatic N) is 4. The number of benzene rings is 1. The fourth-order valence-corrected chi connectivity index (χ4v) is 4.95. The monoisotopic (exact) mass is 467 g/mol. The zero-order valence-corrected chi connectivity index (χ0v) is 19.1. The molecule has 2 atom stereocenters. The molecule has 2 aromatic rings. The molecule has 3 heterocycles. The van der Waals surface area contributed by atoms with E-state index in [9.17, 15) is 9.18 Å². The Bertz CT molecular complexity index is 915. The Morgan fingerprint density at radius 1 is 1.32 bits per heavy atom. The molecule has 168 valence electrons. The molecule has 4 rings (SSSR count). The van der Waals surface area contributed by atoms with E-state index >= 15 is 0 Å². The molecule has 0 spiro atoms. The van der Waals surface area contributed by atoms with Gasteiger partial charge in [0.05, 0.1) is 28.6 Å². The quantitative estimate of drug-likeness (QED) is 0.610. The van der Waals surface area contributed by atoms with Gasteiger partial charge >= 0.3 is 0 Å². The average Bonchev–Trinajstić information content (AvgIpc) is 3.41. The molecule has 1 aromatic carbocycles. The van der Waals surface area contributed by atoms with E-state index in [1.807, 2.05) is 6.92 Å². The maximum Gasteiger partial charge on any atom is 0.237 e. The Labute approximate surface area is 190 Å². The van der Waals surface area contributed by atoms with Gasteiger partial charge in [0.2, 0.25) is 11.9 Å². The molecule has 2 aliphatic rings. The number of anilines is 2. The van der Waals surface area contributed by atoms with Gasteiger partial charge in [-0.2, -0.15) is 0 Å². The van der Waals surface area contributed by atoms with Crippen LogP contribution in [0.15, 0.2) is 23.4 Å². The fraction of sp³-hybridized carbons (Fsp3) is 0.571. The van der Waals surface area contributed by atoms with Gasteiger partial charge in [0.1, 0.15) is 5.82 Å². The van der Waals surface area contributed by atoms with Gasteiger partial charge in [-0.3, -0.25) is 9.36 Å². The molecular weight excluding hydrogens is 441 g/mol. The van der Waals surface area contributed by atoms with Crippen molar-refractivity contribution in [3.63, 3.8) is 0 Å². The number of nitrogens with one attached hydrogen (secondary N) is 1. The molecule has 2 aliphatic heterocycles. The lowest BCUT2D eigenvalue weighted by Gasteiger charge is -2.28. The van der Waals surface area contributed by atoms with Crippen LogP contribution in [0.5, 0.6) is 0 Å². The lowest BCUT2D eigenvalue weighted by atomic mass is 10.1. The highest BCUT2D eigenvalue weighted by Crippen LogP contribution is 2.30. The van der Waals surface area contributed by atoms with Gasteiger partial charge in [0, 0.05) is 19.7 Å². The minimum absolute atomic E-state index is 0.140. The smallest absolute Gasteiger partial charge is 0.237 e. The molecule has 2 fully saturated rings. The van der Waals surface area contributed by atoms with E-state index in [0.29, 0.717) is 17.4 Å². The van der Waals surface area contributed by atoms with Gasteiger partial charge < -0.3 is 15.0 Å². The average molecular weight is 468 g/mol. The van der Waals surface area contributed by atoms with Crippen LogP contribution in [0.1, 0.15) is 39.0 Å². The van der Waals surface area contributed by atoms with Crippen LogP contribution in [-0.2, 0) is 16.1 Å². The van der Waals surface area contributed by atoms with Crippen LogP contribution in [0.25, 0.3) is 0 Å². The van der Waals surface area contributed by atoms with Crippen molar-refractivity contribution in [2.24, 2.45) is 0 Å². The third kappa shape index (κ3) is 5.51. The second-order valence-electron chi connectivity index (χ2n) is 7.95. The molecule has 2 unspecified atom stereocenters. The molecule has 0 saturated carbocycles. The SMILES string of the molecule is CC(Sc1nnc(N2CCCCC2)n1CC1CCCO1)C(=O)Nc1ccc(F)cc1Cl. The lowest BCUT2D eigenvalue weighted by molar-refractivity contribution is -0.115. The number of aromatic nitrogens is 3. The topological polar surface area (TPSA) is 72.3 Å². The lowest BCUT2D eigenvalue weighted by Crippen LogP contribution is -2.33. The van der Waals surface area contributed by atoms with Crippen molar-refractivity contribution < 1.29 is 13.9 Å². The number of thioether (sulfide) groups is 1. The molecule has 0 radical (unpaired) electrons. The van der Waals surface area contributed by atoms with Crippen molar-refractivity contribution in [2.75, 3.05) is 29.9 Å². The number of carbonyl (C=O) groups is 1. The number of rotatable bonds is 7. The maximum absolute atomic E-state index is 13.3. The van der Waals surface area contributed by atoms with Crippen LogP contribution >= 0.6 is 23.4 Å². The number of piperidine rings is 1. The third-order valence-electron chi connectivity index (χ3n) is 5.59. The molecule has 31 heavy (non-hydrogen) atoms. The van der Waals surface area contributed by atoms with Gasteiger partial charge in [0.15, 0.2) is 5.16 Å². The van der Waals surface area contributed by atoms with Crippen molar-refractivity contribution in [1.29, 1.82) is 0 Å². The maximum atomic E-state index is 13.3. The third-order valence-corrected chi connectivity index (χ3v) is 6.98. The molecule has 0 bridgehead atoms. The van der Waals surface area contributed by atoms with Crippen molar-refractivity contribution in [3.05, 3.63) is 29.0 Å². The van der Waals surface area contributed by atoms with Crippen LogP contribution in [0.3, 0.4) is 0 Å². The second-order valence-corrected chi connectivity index (χ2v) is 9.66. The number of carbonyl (C=O) groups excluding carboxylic acids is 1. The van der Waals surface area contributed by atoms with Gasteiger partial charge in [-0.1, -0.05) is 23.4 Å². The summed E-state index contributed by atoms with van der Waals surface area (Å²) < 4.78 is 21.2. The predicted octanol–water partition coefficient (Wildman–Crippen LogP) is 4.36. The molecule has 0 aliphatic carbocycles. The molecular formula is C21H27ClFN5O2S. The Morgan fingerprint density at radius 2 is 2.13 bits per heavy atom. The standard InChI is InChI=1S/C21H27ClFN5O2S/c1-14(19(29)24-18-8-7-15(23)12-17(18)22)31-21-26-25-20(27-9-3-2-4-10-27)28(21)13-16-6-5-11-30-16/h7-8,12,14,16H,2-6,9-11,13H2,1H3,(H,24,29). The highest BCUT2D eigenvalue weighted by atomic mass is 35.5. The summed E-state index contributed by atoms with van der Waals surface area (Å²) in [5, 5.41) is 12.1.